The highest BCUT2D eigenvalue weighted by molar-refractivity contribution is 6.30. The van der Waals surface area contributed by atoms with Crippen LogP contribution in [-0.4, -0.2) is 5.11 Å². The molecule has 2 rings (SSSR count). The van der Waals surface area contributed by atoms with Crippen molar-refractivity contribution in [3.63, 3.8) is 0 Å². The molecule has 0 spiro atoms. The lowest BCUT2D eigenvalue weighted by atomic mass is 10.1. The van der Waals surface area contributed by atoms with Gasteiger partial charge in [0.15, 0.2) is 0 Å². The highest BCUT2D eigenvalue weighted by atomic mass is 35.5. The molecule has 4 heteroatoms. The van der Waals surface area contributed by atoms with Crippen molar-refractivity contribution >= 4 is 11.6 Å². The molecule has 0 bridgehead atoms. The summed E-state index contributed by atoms with van der Waals surface area (Å²) < 4.78 is 5.70. The second kappa shape index (κ2) is 5.75. The highest BCUT2D eigenvalue weighted by Crippen LogP contribution is 2.31. The molecule has 0 saturated carbocycles. The van der Waals surface area contributed by atoms with Gasteiger partial charge in [-0.1, -0.05) is 17.7 Å². The van der Waals surface area contributed by atoms with Crippen LogP contribution in [0, 0.1) is 11.3 Å². The fraction of sp³-hybridized carbons (Fsp3) is 0.133. The van der Waals surface area contributed by atoms with Crippen molar-refractivity contribution < 1.29 is 9.84 Å². The third kappa shape index (κ3) is 3.25. The van der Waals surface area contributed by atoms with E-state index in [4.69, 9.17) is 21.6 Å². The number of aliphatic hydroxyl groups excluding tert-OH is 1. The van der Waals surface area contributed by atoms with Crippen LogP contribution in [0.1, 0.15) is 24.2 Å². The van der Waals surface area contributed by atoms with Gasteiger partial charge in [-0.15, -0.1) is 0 Å². The van der Waals surface area contributed by atoms with Crippen LogP contribution in [-0.2, 0) is 0 Å². The van der Waals surface area contributed by atoms with E-state index in [1.165, 1.54) is 0 Å². The lowest BCUT2D eigenvalue weighted by Crippen LogP contribution is -1.96. The Balaban J connectivity index is 2.37. The minimum absolute atomic E-state index is 0.469. The van der Waals surface area contributed by atoms with E-state index < -0.39 is 6.10 Å². The zero-order valence-corrected chi connectivity index (χ0v) is 11.1. The van der Waals surface area contributed by atoms with Crippen molar-refractivity contribution in [3.8, 4) is 17.6 Å². The summed E-state index contributed by atoms with van der Waals surface area (Å²) in [6.45, 7) is 1.65. The summed E-state index contributed by atoms with van der Waals surface area (Å²) in [5.74, 6) is 1.07. The van der Waals surface area contributed by atoms with E-state index in [2.05, 4.69) is 0 Å². The summed E-state index contributed by atoms with van der Waals surface area (Å²) in [5.41, 5.74) is 1.11. The van der Waals surface area contributed by atoms with E-state index in [1.807, 2.05) is 6.07 Å². The maximum absolute atomic E-state index is 9.71. The second-order valence-electron chi connectivity index (χ2n) is 4.10. The summed E-state index contributed by atoms with van der Waals surface area (Å²) in [7, 11) is 0. The van der Waals surface area contributed by atoms with Crippen LogP contribution >= 0.6 is 11.6 Å². The number of rotatable bonds is 3. The maximum atomic E-state index is 9.71. The van der Waals surface area contributed by atoms with Gasteiger partial charge in [-0.25, -0.2) is 0 Å². The van der Waals surface area contributed by atoms with Crippen molar-refractivity contribution in [1.82, 2.24) is 0 Å². The number of nitriles is 1. The van der Waals surface area contributed by atoms with Gasteiger partial charge < -0.3 is 9.84 Å². The number of benzene rings is 2. The average Bonchev–Trinajstić information content (AvgIpc) is 2.41. The Morgan fingerprint density at radius 2 is 1.89 bits per heavy atom. The molecule has 2 aromatic carbocycles. The van der Waals surface area contributed by atoms with Crippen LogP contribution in [0.2, 0.25) is 5.02 Å². The average molecular weight is 274 g/mol. The van der Waals surface area contributed by atoms with Gasteiger partial charge in [-0.05, 0) is 43.3 Å². The van der Waals surface area contributed by atoms with E-state index in [0.717, 1.165) is 0 Å². The van der Waals surface area contributed by atoms with Crippen molar-refractivity contribution in [2.24, 2.45) is 0 Å². The molecule has 0 aliphatic rings. The highest BCUT2D eigenvalue weighted by Gasteiger charge is 2.11. The fourth-order valence-corrected chi connectivity index (χ4v) is 1.79. The number of nitrogens with zero attached hydrogens (tertiary/aromatic N) is 1. The molecule has 19 heavy (non-hydrogen) atoms. The normalized spacial score (nSPS) is 11.7. The monoisotopic (exact) mass is 273 g/mol. The first-order chi connectivity index (χ1) is 9.10. The minimum atomic E-state index is -0.671. The summed E-state index contributed by atoms with van der Waals surface area (Å²) in [4.78, 5) is 0. The quantitative estimate of drug-likeness (QED) is 0.917. The molecule has 2 aromatic rings. The zero-order valence-electron chi connectivity index (χ0n) is 10.3. The fourth-order valence-electron chi connectivity index (χ4n) is 1.67. The Morgan fingerprint density at radius 1 is 1.21 bits per heavy atom. The van der Waals surface area contributed by atoms with Crippen LogP contribution < -0.4 is 4.74 Å². The molecule has 96 valence electrons. The van der Waals surface area contributed by atoms with E-state index in [0.29, 0.717) is 27.6 Å². The lowest BCUT2D eigenvalue weighted by Gasteiger charge is -2.13. The van der Waals surface area contributed by atoms with E-state index in [9.17, 15) is 5.11 Å². The van der Waals surface area contributed by atoms with Crippen LogP contribution in [0.15, 0.2) is 42.5 Å². The number of ether oxygens (including phenoxy) is 1. The Hall–Kier alpha value is -2.02. The van der Waals surface area contributed by atoms with Crippen LogP contribution in [0.3, 0.4) is 0 Å². The molecule has 0 aromatic heterocycles. The Bertz CT molecular complexity index is 615. The van der Waals surface area contributed by atoms with Crippen LogP contribution in [0.25, 0.3) is 0 Å². The van der Waals surface area contributed by atoms with E-state index in [-0.39, 0.29) is 0 Å². The van der Waals surface area contributed by atoms with Crippen molar-refractivity contribution in [2.75, 3.05) is 0 Å². The summed E-state index contributed by atoms with van der Waals surface area (Å²) >= 11 is 5.81. The van der Waals surface area contributed by atoms with Crippen molar-refractivity contribution in [2.45, 2.75) is 13.0 Å². The van der Waals surface area contributed by atoms with Gasteiger partial charge >= 0.3 is 0 Å². The molecular weight excluding hydrogens is 262 g/mol. The summed E-state index contributed by atoms with van der Waals surface area (Å²) in [6.07, 6.45) is -0.671. The first-order valence-corrected chi connectivity index (χ1v) is 6.13. The van der Waals surface area contributed by atoms with Gasteiger partial charge in [0, 0.05) is 10.6 Å². The first-order valence-electron chi connectivity index (χ1n) is 5.75. The van der Waals surface area contributed by atoms with E-state index in [1.54, 1.807) is 49.4 Å². The predicted octanol–water partition coefficient (Wildman–Crippen LogP) is 4.06. The first kappa shape index (κ1) is 13.4. The summed E-state index contributed by atoms with van der Waals surface area (Å²) in [5, 5.41) is 19.2. The molecule has 0 aliphatic heterocycles. The Kier molecular flexibility index (Phi) is 4.06. The van der Waals surface area contributed by atoms with Gasteiger partial charge in [-0.3, -0.25) is 0 Å². The van der Waals surface area contributed by atoms with Crippen LogP contribution in [0.4, 0.5) is 0 Å². The SMILES string of the molecule is C[C@@H](O)c1ccc(C#N)cc1Oc1ccc(Cl)cc1. The Labute approximate surface area is 116 Å². The van der Waals surface area contributed by atoms with Crippen molar-refractivity contribution in [3.05, 3.63) is 58.6 Å². The largest absolute Gasteiger partial charge is 0.457 e. The van der Waals surface area contributed by atoms with Gasteiger partial charge in [0.05, 0.1) is 17.7 Å². The zero-order chi connectivity index (χ0) is 13.8. The lowest BCUT2D eigenvalue weighted by molar-refractivity contribution is 0.195. The van der Waals surface area contributed by atoms with Gasteiger partial charge in [-0.2, -0.15) is 5.26 Å². The molecule has 0 heterocycles. The second-order valence-corrected chi connectivity index (χ2v) is 4.53. The standard InChI is InChI=1S/C15H12ClNO2/c1-10(18)14-7-2-11(9-17)8-15(14)19-13-5-3-12(16)4-6-13/h2-8,10,18H,1H3/t10-/m1/s1. The molecule has 3 nitrogen and oxygen atoms in total. The number of aliphatic hydroxyl groups is 1. The molecular formula is C15H12ClNO2. The smallest absolute Gasteiger partial charge is 0.134 e. The molecule has 1 N–H and O–H groups in total. The van der Waals surface area contributed by atoms with E-state index >= 15 is 0 Å². The topological polar surface area (TPSA) is 53.2 Å². The van der Waals surface area contributed by atoms with Gasteiger partial charge in [0.1, 0.15) is 11.5 Å². The minimum Gasteiger partial charge on any atom is -0.457 e. The Morgan fingerprint density at radius 3 is 2.47 bits per heavy atom. The molecule has 0 saturated heterocycles. The third-order valence-corrected chi connectivity index (χ3v) is 2.89. The molecule has 0 aliphatic carbocycles. The number of hydrogen-bond donors (Lipinski definition) is 1. The molecule has 0 fully saturated rings. The van der Waals surface area contributed by atoms with Crippen molar-refractivity contribution in [1.29, 1.82) is 5.26 Å². The number of hydrogen-bond acceptors (Lipinski definition) is 3. The maximum Gasteiger partial charge on any atom is 0.134 e. The third-order valence-electron chi connectivity index (χ3n) is 2.63. The van der Waals surface area contributed by atoms with Gasteiger partial charge in [0.25, 0.3) is 0 Å². The summed E-state index contributed by atoms with van der Waals surface area (Å²) in [6, 6.07) is 13.9. The molecule has 1 atom stereocenters. The van der Waals surface area contributed by atoms with Gasteiger partial charge in [0.2, 0.25) is 0 Å². The molecule has 0 radical (unpaired) electrons. The predicted molar refractivity (Wildman–Crippen MR) is 73.3 cm³/mol. The molecule has 0 unspecified atom stereocenters. The molecule has 0 amide bonds. The number of halogens is 1. The van der Waals surface area contributed by atoms with Crippen LogP contribution in [0.5, 0.6) is 11.5 Å².